The predicted octanol–water partition coefficient (Wildman–Crippen LogP) is 4.32. The van der Waals surface area contributed by atoms with E-state index in [9.17, 15) is 4.79 Å². The van der Waals surface area contributed by atoms with Crippen LogP contribution >= 0.6 is 0 Å². The first-order chi connectivity index (χ1) is 16.2. The average Bonchev–Trinajstić information content (AvgIpc) is 3.36. The number of aromatic nitrogens is 4. The molecule has 1 amide bonds. The van der Waals surface area contributed by atoms with E-state index in [1.54, 1.807) is 4.68 Å². The molecular weight excluding hydrogens is 412 g/mol. The van der Waals surface area contributed by atoms with Crippen LogP contribution in [-0.4, -0.2) is 32.7 Å². The van der Waals surface area contributed by atoms with Crippen LogP contribution in [0.15, 0.2) is 91.0 Å². The maximum Gasteiger partial charge on any atom is 0.251 e. The van der Waals surface area contributed by atoms with Gasteiger partial charge in [-0.1, -0.05) is 90.9 Å². The molecule has 0 fully saturated rings. The summed E-state index contributed by atoms with van der Waals surface area (Å²) in [5, 5.41) is 15.5. The van der Waals surface area contributed by atoms with E-state index < -0.39 is 0 Å². The van der Waals surface area contributed by atoms with Crippen molar-refractivity contribution in [2.24, 2.45) is 0 Å². The smallest absolute Gasteiger partial charge is 0.251 e. The Bertz CT molecular complexity index is 1280. The molecule has 3 aromatic carbocycles. The second-order valence-electron chi connectivity index (χ2n) is 7.84. The quantitative estimate of drug-likeness (QED) is 0.487. The van der Waals surface area contributed by atoms with Crippen LogP contribution in [0.4, 0.5) is 11.6 Å². The molecule has 7 heteroatoms. The number of hydrogen-bond donors (Lipinski definition) is 1. The van der Waals surface area contributed by atoms with Crippen LogP contribution in [0.5, 0.6) is 0 Å². The van der Waals surface area contributed by atoms with Crippen LogP contribution in [0.2, 0.25) is 0 Å². The second kappa shape index (κ2) is 9.08. The van der Waals surface area contributed by atoms with Gasteiger partial charge in [0.2, 0.25) is 5.91 Å². The maximum absolute atomic E-state index is 13.2. The number of carbonyl (C=O) groups is 1. The Morgan fingerprint density at radius 3 is 2.39 bits per heavy atom. The number of nitrogens with zero attached hydrogens (tertiary/aromatic N) is 5. The molecule has 4 aromatic rings. The van der Waals surface area contributed by atoms with E-state index in [2.05, 4.69) is 46.0 Å². The van der Waals surface area contributed by atoms with Crippen molar-refractivity contribution in [2.45, 2.75) is 19.4 Å². The number of rotatable bonds is 6. The Morgan fingerprint density at radius 1 is 0.939 bits per heavy atom. The number of carbonyl (C=O) groups excluding carboxylic acids is 1. The summed E-state index contributed by atoms with van der Waals surface area (Å²) < 4.78 is 1.76. The molecule has 1 aromatic heterocycles. The molecule has 0 radical (unpaired) electrons. The van der Waals surface area contributed by atoms with Gasteiger partial charge in [-0.05, 0) is 45.7 Å². The molecule has 1 atom stereocenters. The van der Waals surface area contributed by atoms with Crippen molar-refractivity contribution in [3.63, 3.8) is 0 Å². The Morgan fingerprint density at radius 2 is 1.64 bits per heavy atom. The molecular formula is C26H24N6O. The van der Waals surface area contributed by atoms with Crippen molar-refractivity contribution in [1.82, 2.24) is 20.2 Å². The van der Waals surface area contributed by atoms with E-state index in [-0.39, 0.29) is 18.5 Å². The third-order valence-corrected chi connectivity index (χ3v) is 5.77. The summed E-state index contributed by atoms with van der Waals surface area (Å²) in [6.07, 6.45) is 2.95. The third-order valence-electron chi connectivity index (χ3n) is 5.77. The van der Waals surface area contributed by atoms with E-state index in [4.69, 9.17) is 0 Å². The van der Waals surface area contributed by atoms with Crippen molar-refractivity contribution in [2.75, 3.05) is 16.8 Å². The minimum absolute atomic E-state index is 0.0840. The number of tetrazole rings is 1. The van der Waals surface area contributed by atoms with Crippen LogP contribution in [0.1, 0.15) is 29.7 Å². The highest BCUT2D eigenvalue weighted by Crippen LogP contribution is 2.36. The molecule has 1 aliphatic heterocycles. The molecule has 1 N–H and O–H groups in total. The highest BCUT2D eigenvalue weighted by molar-refractivity contribution is 5.97. The van der Waals surface area contributed by atoms with Gasteiger partial charge in [-0.2, -0.15) is 4.68 Å². The van der Waals surface area contributed by atoms with Gasteiger partial charge in [-0.25, -0.2) is 0 Å². The first-order valence-corrected chi connectivity index (χ1v) is 11.0. The summed E-state index contributed by atoms with van der Waals surface area (Å²) in [5.74, 6) is 0.398. The lowest BCUT2D eigenvalue weighted by molar-refractivity contribution is -0.114. The number of amides is 1. The molecule has 2 heterocycles. The minimum Gasteiger partial charge on any atom is -0.324 e. The largest absolute Gasteiger partial charge is 0.324 e. The number of nitrogens with one attached hydrogen (secondary N) is 1. The van der Waals surface area contributed by atoms with E-state index in [0.29, 0.717) is 5.95 Å². The summed E-state index contributed by atoms with van der Waals surface area (Å²) in [4.78, 5) is 15.0. The van der Waals surface area contributed by atoms with Gasteiger partial charge < -0.3 is 5.32 Å². The van der Waals surface area contributed by atoms with Crippen molar-refractivity contribution in [1.29, 1.82) is 0 Å². The minimum atomic E-state index is -0.175. The zero-order valence-corrected chi connectivity index (χ0v) is 18.3. The molecule has 1 aliphatic rings. The summed E-state index contributed by atoms with van der Waals surface area (Å²) >= 11 is 0. The van der Waals surface area contributed by atoms with Gasteiger partial charge in [-0.15, -0.1) is 0 Å². The van der Waals surface area contributed by atoms with Crippen molar-refractivity contribution in [3.8, 4) is 0 Å². The number of allylic oxidation sites excluding steroid dienone is 1. The van der Waals surface area contributed by atoms with E-state index in [1.807, 2.05) is 77.7 Å². The predicted molar refractivity (Wildman–Crippen MR) is 129 cm³/mol. The molecule has 33 heavy (non-hydrogen) atoms. The number of benzene rings is 3. The van der Waals surface area contributed by atoms with E-state index >= 15 is 0 Å². The fourth-order valence-electron chi connectivity index (χ4n) is 4.15. The first kappa shape index (κ1) is 20.6. The number of anilines is 2. The van der Waals surface area contributed by atoms with Gasteiger partial charge in [0.05, 0.1) is 5.70 Å². The van der Waals surface area contributed by atoms with Gasteiger partial charge in [0.1, 0.15) is 12.6 Å². The SMILES string of the molecule is CCc1ccccc1NC(=O)CN1C(c2ccccc2)=CC(c2ccccc2)n2nnnc21. The van der Waals surface area contributed by atoms with Crippen molar-refractivity contribution >= 4 is 23.2 Å². The lowest BCUT2D eigenvalue weighted by Crippen LogP contribution is -2.37. The number of hydrogen-bond acceptors (Lipinski definition) is 5. The van der Waals surface area contributed by atoms with Gasteiger partial charge in [0.25, 0.3) is 5.95 Å². The van der Waals surface area contributed by atoms with Crippen LogP contribution < -0.4 is 10.2 Å². The van der Waals surface area contributed by atoms with Crippen molar-refractivity contribution in [3.05, 3.63) is 108 Å². The lowest BCUT2D eigenvalue weighted by Gasteiger charge is -2.32. The molecule has 0 spiro atoms. The number of aryl methyl sites for hydroxylation is 1. The molecule has 0 saturated carbocycles. The number of para-hydroxylation sites is 1. The topological polar surface area (TPSA) is 75.9 Å². The fraction of sp³-hybridized carbons (Fsp3) is 0.154. The van der Waals surface area contributed by atoms with Crippen molar-refractivity contribution < 1.29 is 4.79 Å². The van der Waals surface area contributed by atoms with Gasteiger partial charge in [-0.3, -0.25) is 9.69 Å². The Labute approximate surface area is 192 Å². The lowest BCUT2D eigenvalue weighted by atomic mass is 10.0. The molecule has 0 saturated heterocycles. The Kier molecular flexibility index (Phi) is 5.68. The fourth-order valence-corrected chi connectivity index (χ4v) is 4.15. The molecule has 7 nitrogen and oxygen atoms in total. The third kappa shape index (κ3) is 4.13. The number of fused-ring (bicyclic) bond motifs is 1. The van der Waals surface area contributed by atoms with Crippen LogP contribution in [0, 0.1) is 0 Å². The molecule has 0 bridgehead atoms. The maximum atomic E-state index is 13.2. The average molecular weight is 437 g/mol. The molecule has 5 rings (SSSR count). The summed E-state index contributed by atoms with van der Waals surface area (Å²) in [6.45, 7) is 2.16. The van der Waals surface area contributed by atoms with Gasteiger partial charge in [0.15, 0.2) is 0 Å². The first-order valence-electron chi connectivity index (χ1n) is 11.0. The molecule has 0 aliphatic carbocycles. The zero-order valence-electron chi connectivity index (χ0n) is 18.3. The summed E-state index contributed by atoms with van der Waals surface area (Å²) in [6, 6.07) is 27.8. The summed E-state index contributed by atoms with van der Waals surface area (Å²) in [5.41, 5.74) is 4.88. The normalized spacial score (nSPS) is 15.0. The monoisotopic (exact) mass is 436 g/mol. The van der Waals surface area contributed by atoms with Gasteiger partial charge in [0, 0.05) is 5.69 Å². The Hall–Kier alpha value is -4.26. The van der Waals surface area contributed by atoms with E-state index in [1.165, 1.54) is 0 Å². The van der Waals surface area contributed by atoms with Gasteiger partial charge >= 0.3 is 0 Å². The van der Waals surface area contributed by atoms with Crippen LogP contribution in [-0.2, 0) is 11.2 Å². The molecule has 1 unspecified atom stereocenters. The standard InChI is InChI=1S/C26H24N6O/c1-2-19-11-9-10-16-22(19)27-25(33)18-31-23(20-12-5-3-6-13-20)17-24(21-14-7-4-8-15-21)32-26(31)28-29-30-32/h3-17,24H,2,18H2,1H3,(H,27,33). The van der Waals surface area contributed by atoms with Crippen LogP contribution in [0.25, 0.3) is 5.70 Å². The highest BCUT2D eigenvalue weighted by Gasteiger charge is 2.31. The molecule has 164 valence electrons. The second-order valence-corrected chi connectivity index (χ2v) is 7.84. The highest BCUT2D eigenvalue weighted by atomic mass is 16.2. The zero-order chi connectivity index (χ0) is 22.6. The van der Waals surface area contributed by atoms with Crippen LogP contribution in [0.3, 0.4) is 0 Å². The van der Waals surface area contributed by atoms with E-state index in [0.717, 1.165) is 34.5 Å². The summed E-state index contributed by atoms with van der Waals surface area (Å²) in [7, 11) is 0. The Balaban J connectivity index is 1.52.